The number of alkyl halides is 1. The molecule has 0 aliphatic carbocycles. The molecule has 0 fully saturated rings. The van der Waals surface area contributed by atoms with E-state index in [0.717, 1.165) is 24.4 Å². The van der Waals surface area contributed by atoms with Crippen molar-refractivity contribution in [2.45, 2.75) is 32.1 Å². The molecule has 0 N–H and O–H groups in total. The van der Waals surface area contributed by atoms with Crippen LogP contribution in [-0.4, -0.2) is 14.8 Å². The number of halogens is 2. The summed E-state index contributed by atoms with van der Waals surface area (Å²) in [7, 11) is 0. The third kappa shape index (κ3) is 2.46. The van der Waals surface area contributed by atoms with Gasteiger partial charge < -0.3 is 4.57 Å². The highest BCUT2D eigenvalue weighted by molar-refractivity contribution is 9.08. The minimum Gasteiger partial charge on any atom is -0.310 e. The monoisotopic (exact) mass is 311 g/mol. The Hall–Kier alpha value is -1.23. The van der Waals surface area contributed by atoms with Crippen molar-refractivity contribution in [3.8, 4) is 11.4 Å². The fraction of sp³-hybridized carbons (Fsp3) is 0.385. The lowest BCUT2D eigenvalue weighted by Crippen LogP contribution is -2.04. The summed E-state index contributed by atoms with van der Waals surface area (Å²) in [6.07, 6.45) is 0.957. The van der Waals surface area contributed by atoms with Gasteiger partial charge in [-0.1, -0.05) is 34.5 Å². The maximum atomic E-state index is 13.9. The molecule has 0 aliphatic rings. The zero-order valence-corrected chi connectivity index (χ0v) is 12.0. The predicted octanol–water partition coefficient (Wildman–Crippen LogP) is 3.70. The lowest BCUT2D eigenvalue weighted by Gasteiger charge is -2.09. The number of hydrogen-bond donors (Lipinski definition) is 0. The summed E-state index contributed by atoms with van der Waals surface area (Å²) in [6.45, 7) is 4.81. The molecule has 5 heteroatoms. The second-order valence-corrected chi connectivity index (χ2v) is 4.77. The van der Waals surface area contributed by atoms with Gasteiger partial charge in [-0.2, -0.15) is 0 Å². The molecule has 0 saturated carbocycles. The minimum absolute atomic E-state index is 0.258. The molecule has 18 heavy (non-hydrogen) atoms. The third-order valence-corrected chi connectivity index (χ3v) is 3.26. The Morgan fingerprint density at radius 3 is 2.78 bits per heavy atom. The lowest BCUT2D eigenvalue weighted by molar-refractivity contribution is 0.621. The van der Waals surface area contributed by atoms with Gasteiger partial charge in [0.05, 0.1) is 10.9 Å². The molecule has 1 aromatic heterocycles. The highest BCUT2D eigenvalue weighted by atomic mass is 79.9. The molecule has 1 heterocycles. The van der Waals surface area contributed by atoms with E-state index in [1.807, 2.05) is 17.6 Å². The van der Waals surface area contributed by atoms with E-state index in [-0.39, 0.29) is 5.82 Å². The van der Waals surface area contributed by atoms with Crippen molar-refractivity contribution >= 4 is 15.9 Å². The lowest BCUT2D eigenvalue weighted by atomic mass is 10.1. The van der Waals surface area contributed by atoms with Crippen molar-refractivity contribution in [3.05, 3.63) is 35.4 Å². The molecule has 0 radical (unpaired) electrons. The van der Waals surface area contributed by atoms with Gasteiger partial charge in [-0.3, -0.25) is 0 Å². The van der Waals surface area contributed by atoms with Gasteiger partial charge in [0.25, 0.3) is 0 Å². The Labute approximate surface area is 114 Å². The van der Waals surface area contributed by atoms with Gasteiger partial charge in [-0.25, -0.2) is 4.39 Å². The van der Waals surface area contributed by atoms with Crippen molar-refractivity contribution in [2.24, 2.45) is 0 Å². The van der Waals surface area contributed by atoms with E-state index in [1.165, 1.54) is 6.07 Å². The molecule has 0 aliphatic heterocycles. The molecular formula is C13H15BrFN3. The molecule has 1 aromatic carbocycles. The van der Waals surface area contributed by atoms with E-state index in [0.29, 0.717) is 16.7 Å². The second kappa shape index (κ2) is 5.61. The van der Waals surface area contributed by atoms with Crippen LogP contribution >= 0.6 is 15.9 Å². The summed E-state index contributed by atoms with van der Waals surface area (Å²) in [6, 6.07) is 5.04. The first kappa shape index (κ1) is 13.2. The summed E-state index contributed by atoms with van der Waals surface area (Å²) in [5.74, 6) is 1.17. The van der Waals surface area contributed by atoms with Crippen LogP contribution in [0.2, 0.25) is 0 Å². The highest BCUT2D eigenvalue weighted by Crippen LogP contribution is 2.24. The van der Waals surface area contributed by atoms with Gasteiger partial charge in [0.1, 0.15) is 11.6 Å². The molecule has 0 saturated heterocycles. The molecule has 2 rings (SSSR count). The van der Waals surface area contributed by atoms with E-state index >= 15 is 0 Å². The molecule has 2 aromatic rings. The van der Waals surface area contributed by atoms with Crippen molar-refractivity contribution in [2.75, 3.05) is 0 Å². The van der Waals surface area contributed by atoms with Crippen LogP contribution in [0.5, 0.6) is 0 Å². The quantitative estimate of drug-likeness (QED) is 0.806. The molecule has 0 amide bonds. The molecule has 3 nitrogen and oxygen atoms in total. The SMILES string of the molecule is CCCn1c(CBr)nnc1-c1cc(C)ccc1F. The summed E-state index contributed by atoms with van der Waals surface area (Å²) >= 11 is 3.38. The van der Waals surface area contributed by atoms with Gasteiger partial charge in [0.15, 0.2) is 5.82 Å². The first-order valence-corrected chi connectivity index (χ1v) is 7.04. The number of benzene rings is 1. The highest BCUT2D eigenvalue weighted by Gasteiger charge is 2.15. The van der Waals surface area contributed by atoms with Crippen LogP contribution in [0.4, 0.5) is 4.39 Å². The van der Waals surface area contributed by atoms with E-state index < -0.39 is 0 Å². The summed E-state index contributed by atoms with van der Waals surface area (Å²) in [5.41, 5.74) is 1.53. The fourth-order valence-electron chi connectivity index (χ4n) is 1.90. The Kier molecular flexibility index (Phi) is 4.11. The summed E-state index contributed by atoms with van der Waals surface area (Å²) in [4.78, 5) is 0. The second-order valence-electron chi connectivity index (χ2n) is 4.21. The van der Waals surface area contributed by atoms with Crippen LogP contribution < -0.4 is 0 Å². The molecule has 0 unspecified atom stereocenters. The largest absolute Gasteiger partial charge is 0.310 e. The van der Waals surface area contributed by atoms with Crippen molar-refractivity contribution in [1.29, 1.82) is 0 Å². The Morgan fingerprint density at radius 1 is 1.33 bits per heavy atom. The van der Waals surface area contributed by atoms with Crippen LogP contribution in [0.3, 0.4) is 0 Å². The van der Waals surface area contributed by atoms with Crippen LogP contribution in [-0.2, 0) is 11.9 Å². The standard InChI is InChI=1S/C13H15BrFN3/c1-3-6-18-12(8-14)16-17-13(18)10-7-9(2)4-5-11(10)15/h4-5,7H,3,6,8H2,1-2H3. The van der Waals surface area contributed by atoms with Crippen LogP contribution in [0.15, 0.2) is 18.2 Å². The normalized spacial score (nSPS) is 10.9. The zero-order chi connectivity index (χ0) is 13.1. The topological polar surface area (TPSA) is 30.7 Å². The minimum atomic E-state index is -0.258. The van der Waals surface area contributed by atoms with Gasteiger partial charge in [-0.15, -0.1) is 10.2 Å². The van der Waals surface area contributed by atoms with Crippen molar-refractivity contribution < 1.29 is 4.39 Å². The van der Waals surface area contributed by atoms with Crippen LogP contribution in [0.1, 0.15) is 24.7 Å². The van der Waals surface area contributed by atoms with Crippen LogP contribution in [0.25, 0.3) is 11.4 Å². The van der Waals surface area contributed by atoms with Gasteiger partial charge in [0, 0.05) is 6.54 Å². The Bertz CT molecular complexity index is 551. The maximum absolute atomic E-state index is 13.9. The fourth-order valence-corrected chi connectivity index (χ4v) is 2.32. The Morgan fingerprint density at radius 2 is 2.11 bits per heavy atom. The molecular weight excluding hydrogens is 297 g/mol. The maximum Gasteiger partial charge on any atom is 0.166 e. The van der Waals surface area contributed by atoms with E-state index in [9.17, 15) is 4.39 Å². The molecule has 0 spiro atoms. The van der Waals surface area contributed by atoms with Gasteiger partial charge in [-0.05, 0) is 25.5 Å². The molecule has 0 bridgehead atoms. The van der Waals surface area contributed by atoms with Crippen molar-refractivity contribution in [1.82, 2.24) is 14.8 Å². The first-order chi connectivity index (χ1) is 8.67. The number of hydrogen-bond acceptors (Lipinski definition) is 2. The van der Waals surface area contributed by atoms with Gasteiger partial charge >= 0.3 is 0 Å². The third-order valence-electron chi connectivity index (χ3n) is 2.76. The number of rotatable bonds is 4. The Balaban J connectivity index is 2.56. The van der Waals surface area contributed by atoms with Crippen molar-refractivity contribution in [3.63, 3.8) is 0 Å². The average Bonchev–Trinajstić information content (AvgIpc) is 2.76. The summed E-state index contributed by atoms with van der Waals surface area (Å²) in [5, 5.41) is 8.84. The van der Waals surface area contributed by atoms with E-state index in [2.05, 4.69) is 33.1 Å². The first-order valence-electron chi connectivity index (χ1n) is 5.92. The van der Waals surface area contributed by atoms with E-state index in [1.54, 1.807) is 6.07 Å². The van der Waals surface area contributed by atoms with E-state index in [4.69, 9.17) is 0 Å². The predicted molar refractivity (Wildman–Crippen MR) is 73.1 cm³/mol. The zero-order valence-electron chi connectivity index (χ0n) is 10.5. The smallest absolute Gasteiger partial charge is 0.166 e. The molecule has 96 valence electrons. The van der Waals surface area contributed by atoms with Gasteiger partial charge in [0.2, 0.25) is 0 Å². The number of nitrogens with zero attached hydrogens (tertiary/aromatic N) is 3. The number of aryl methyl sites for hydroxylation is 1. The number of aromatic nitrogens is 3. The average molecular weight is 312 g/mol. The van der Waals surface area contributed by atoms with Crippen LogP contribution in [0, 0.1) is 12.7 Å². The molecule has 0 atom stereocenters. The summed E-state index contributed by atoms with van der Waals surface area (Å²) < 4.78 is 15.9.